The summed E-state index contributed by atoms with van der Waals surface area (Å²) in [7, 11) is 0. The Balaban J connectivity index is 1.21. The Morgan fingerprint density at radius 1 is 0.609 bits per heavy atom. The summed E-state index contributed by atoms with van der Waals surface area (Å²) in [6.45, 7) is 0. The number of nitrogens with two attached hydrogens (primary N) is 2. The maximum absolute atomic E-state index is 13.7. The molecular formula is C36H32F6N2O2. The molecule has 2 bridgehead atoms. The van der Waals surface area contributed by atoms with E-state index in [4.69, 9.17) is 20.9 Å². The molecule has 3 aliphatic rings. The molecule has 0 radical (unpaired) electrons. The second kappa shape index (κ2) is 10.9. The number of anilines is 2. The van der Waals surface area contributed by atoms with Gasteiger partial charge in [-0.25, -0.2) is 0 Å². The minimum Gasteiger partial charge on any atom is -0.457 e. The van der Waals surface area contributed by atoms with Crippen LogP contribution in [0, 0.1) is 23.7 Å². The molecule has 3 aliphatic carbocycles. The Labute approximate surface area is 262 Å². The standard InChI is InChI=1S/C36H32F6N2O2/c37-35(38,39)30-17-23(43)8-14-32(30)45-25-10-4-21(5-11-25)34(19-20-16-29(34)28-3-1-2-27(20)28)22-6-12-26(13-7-22)46-33-15-9-24(44)18-31(33)36(40,41)42/h4-15,17-18,20,27-29H,1-3,16,19,43-44H2. The predicted octanol–water partition coefficient (Wildman–Crippen LogP) is 10.2. The number of nitrogen functional groups attached to an aromatic ring is 2. The van der Waals surface area contributed by atoms with Crippen molar-refractivity contribution in [1.29, 1.82) is 0 Å². The summed E-state index contributed by atoms with van der Waals surface area (Å²) in [5.74, 6) is 2.06. The van der Waals surface area contributed by atoms with Gasteiger partial charge < -0.3 is 20.9 Å². The van der Waals surface area contributed by atoms with E-state index in [2.05, 4.69) is 0 Å². The van der Waals surface area contributed by atoms with Gasteiger partial charge >= 0.3 is 12.4 Å². The quantitative estimate of drug-likeness (QED) is 0.163. The number of halogens is 6. The van der Waals surface area contributed by atoms with Crippen molar-refractivity contribution in [1.82, 2.24) is 0 Å². The lowest BCUT2D eigenvalue weighted by atomic mass is 9.59. The highest BCUT2D eigenvalue weighted by atomic mass is 19.4. The third-order valence-electron chi connectivity index (χ3n) is 10.3. The van der Waals surface area contributed by atoms with Gasteiger partial charge in [-0.15, -0.1) is 0 Å². The normalized spacial score (nSPS) is 23.3. The fourth-order valence-electron chi connectivity index (χ4n) is 8.59. The molecule has 0 spiro atoms. The summed E-state index contributed by atoms with van der Waals surface area (Å²) < 4.78 is 93.4. The van der Waals surface area contributed by atoms with Crippen LogP contribution in [0.25, 0.3) is 0 Å². The van der Waals surface area contributed by atoms with Crippen molar-refractivity contribution in [3.63, 3.8) is 0 Å². The molecule has 0 saturated heterocycles. The first-order valence-electron chi connectivity index (χ1n) is 15.3. The van der Waals surface area contributed by atoms with E-state index in [0.29, 0.717) is 23.7 Å². The fraction of sp³-hybridized carbons (Fsp3) is 0.333. The molecule has 46 heavy (non-hydrogen) atoms. The van der Waals surface area contributed by atoms with Crippen LogP contribution >= 0.6 is 0 Å². The Morgan fingerprint density at radius 2 is 1.07 bits per heavy atom. The number of benzene rings is 4. The number of hydrogen-bond donors (Lipinski definition) is 2. The zero-order valence-corrected chi connectivity index (χ0v) is 24.7. The molecule has 0 amide bonds. The average molecular weight is 639 g/mol. The second-order valence-electron chi connectivity index (χ2n) is 12.8. The van der Waals surface area contributed by atoms with Crippen LogP contribution in [-0.2, 0) is 17.8 Å². The van der Waals surface area contributed by atoms with E-state index in [-0.39, 0.29) is 39.8 Å². The highest BCUT2D eigenvalue weighted by Gasteiger charge is 2.61. The lowest BCUT2D eigenvalue weighted by molar-refractivity contribution is -0.139. The first-order valence-corrected chi connectivity index (χ1v) is 15.3. The Kier molecular flexibility index (Phi) is 7.17. The first kappa shape index (κ1) is 30.3. The third kappa shape index (κ3) is 5.21. The van der Waals surface area contributed by atoms with Crippen LogP contribution in [0.5, 0.6) is 23.0 Å². The van der Waals surface area contributed by atoms with Gasteiger partial charge in [0.2, 0.25) is 0 Å². The van der Waals surface area contributed by atoms with Gasteiger partial charge in [0.1, 0.15) is 34.1 Å². The van der Waals surface area contributed by atoms with Crippen LogP contribution in [0.3, 0.4) is 0 Å². The molecular weight excluding hydrogens is 606 g/mol. The summed E-state index contributed by atoms with van der Waals surface area (Å²) in [5.41, 5.74) is 11.0. The third-order valence-corrected chi connectivity index (χ3v) is 10.3. The Hall–Kier alpha value is -4.34. The van der Waals surface area contributed by atoms with E-state index in [1.165, 1.54) is 37.1 Å². The molecule has 0 heterocycles. The van der Waals surface area contributed by atoms with Crippen LogP contribution in [0.4, 0.5) is 37.7 Å². The van der Waals surface area contributed by atoms with Gasteiger partial charge in [0.15, 0.2) is 0 Å². The minimum absolute atomic E-state index is 0.0101. The molecule has 3 fully saturated rings. The van der Waals surface area contributed by atoms with Crippen molar-refractivity contribution in [2.75, 3.05) is 11.5 Å². The van der Waals surface area contributed by atoms with Crippen molar-refractivity contribution in [2.45, 2.75) is 49.9 Å². The summed E-state index contributed by atoms with van der Waals surface area (Å²) in [5, 5.41) is 0. The van der Waals surface area contributed by atoms with E-state index in [0.717, 1.165) is 42.5 Å². The van der Waals surface area contributed by atoms with Crippen LogP contribution in [0.15, 0.2) is 84.9 Å². The van der Waals surface area contributed by atoms with E-state index in [1.807, 2.05) is 24.3 Å². The molecule has 7 rings (SSSR count). The molecule has 10 heteroatoms. The molecule has 0 aromatic heterocycles. The van der Waals surface area contributed by atoms with Crippen molar-refractivity contribution in [2.24, 2.45) is 23.7 Å². The number of ether oxygens (including phenoxy) is 2. The Morgan fingerprint density at radius 3 is 1.52 bits per heavy atom. The van der Waals surface area contributed by atoms with E-state index < -0.39 is 23.5 Å². The lowest BCUT2D eigenvalue weighted by Crippen LogP contribution is -2.40. The van der Waals surface area contributed by atoms with Gasteiger partial charge in [0.25, 0.3) is 0 Å². The second-order valence-corrected chi connectivity index (χ2v) is 12.8. The molecule has 4 N–H and O–H groups in total. The number of fused-ring (bicyclic) bond motifs is 5. The topological polar surface area (TPSA) is 70.5 Å². The fourth-order valence-corrected chi connectivity index (χ4v) is 8.59. The minimum atomic E-state index is -4.63. The zero-order chi connectivity index (χ0) is 32.4. The van der Waals surface area contributed by atoms with Gasteiger partial charge in [-0.1, -0.05) is 30.7 Å². The highest BCUT2D eigenvalue weighted by molar-refractivity contribution is 5.53. The Bertz CT molecular complexity index is 1640. The molecule has 4 nitrogen and oxygen atoms in total. The number of hydrogen-bond acceptors (Lipinski definition) is 4. The number of rotatable bonds is 6. The van der Waals surface area contributed by atoms with Crippen molar-refractivity contribution < 1.29 is 35.8 Å². The van der Waals surface area contributed by atoms with E-state index in [1.54, 1.807) is 24.3 Å². The maximum atomic E-state index is 13.7. The monoisotopic (exact) mass is 638 g/mol. The van der Waals surface area contributed by atoms with Gasteiger partial charge in [-0.3, -0.25) is 0 Å². The molecule has 0 aliphatic heterocycles. The largest absolute Gasteiger partial charge is 0.457 e. The molecule has 4 aromatic rings. The molecule has 3 saturated carbocycles. The summed E-state index contributed by atoms with van der Waals surface area (Å²) >= 11 is 0. The lowest BCUT2D eigenvalue weighted by Gasteiger charge is -2.44. The molecule has 4 unspecified atom stereocenters. The summed E-state index contributed by atoms with van der Waals surface area (Å²) in [4.78, 5) is 0. The molecule has 4 atom stereocenters. The number of alkyl halides is 6. The van der Waals surface area contributed by atoms with Gasteiger partial charge in [0, 0.05) is 16.8 Å². The van der Waals surface area contributed by atoms with Crippen LogP contribution < -0.4 is 20.9 Å². The van der Waals surface area contributed by atoms with Crippen molar-refractivity contribution >= 4 is 11.4 Å². The van der Waals surface area contributed by atoms with Gasteiger partial charge in [-0.05, 0) is 121 Å². The van der Waals surface area contributed by atoms with E-state index >= 15 is 0 Å². The maximum Gasteiger partial charge on any atom is 0.420 e. The molecule has 240 valence electrons. The van der Waals surface area contributed by atoms with Gasteiger partial charge in [-0.2, -0.15) is 26.3 Å². The van der Waals surface area contributed by atoms with Gasteiger partial charge in [0.05, 0.1) is 0 Å². The van der Waals surface area contributed by atoms with E-state index in [9.17, 15) is 26.3 Å². The first-order chi connectivity index (χ1) is 21.8. The van der Waals surface area contributed by atoms with Crippen LogP contribution in [-0.4, -0.2) is 0 Å². The average Bonchev–Trinajstić information content (AvgIpc) is 3.73. The van der Waals surface area contributed by atoms with Crippen molar-refractivity contribution in [3.05, 3.63) is 107 Å². The summed E-state index contributed by atoms with van der Waals surface area (Å²) in [6, 6.07) is 21.4. The smallest absolute Gasteiger partial charge is 0.420 e. The van der Waals surface area contributed by atoms with Crippen molar-refractivity contribution in [3.8, 4) is 23.0 Å². The predicted molar refractivity (Wildman–Crippen MR) is 163 cm³/mol. The SMILES string of the molecule is Nc1ccc(Oc2ccc(C3(c4ccc(Oc5ccc(N)cc5C(F)(F)F)cc4)CC4CC3C3CCCC43)cc2)c(C(F)(F)F)c1. The summed E-state index contributed by atoms with van der Waals surface area (Å²) in [6.07, 6.45) is -3.66. The zero-order valence-electron chi connectivity index (χ0n) is 24.7. The molecule has 4 aromatic carbocycles. The van der Waals surface area contributed by atoms with Crippen LogP contribution in [0.2, 0.25) is 0 Å². The highest BCUT2D eigenvalue weighted by Crippen LogP contribution is 2.68. The van der Waals surface area contributed by atoms with Crippen LogP contribution in [0.1, 0.15) is 54.4 Å².